The van der Waals surface area contributed by atoms with E-state index in [0.29, 0.717) is 31.0 Å². The largest absolute Gasteiger partial charge is 0.360 e. The third-order valence-electron chi connectivity index (χ3n) is 6.28. The lowest BCUT2D eigenvalue weighted by atomic mass is 10.0. The molecule has 3 fully saturated rings. The van der Waals surface area contributed by atoms with E-state index in [1.54, 1.807) is 10.4 Å². The van der Waals surface area contributed by atoms with E-state index in [0.717, 1.165) is 37.9 Å². The summed E-state index contributed by atoms with van der Waals surface area (Å²) in [5, 5.41) is 6.87. The average molecular weight is 411 g/mol. The molecule has 1 amide bonds. The smallest absolute Gasteiger partial charge is 0.273 e. The van der Waals surface area contributed by atoms with Gasteiger partial charge in [-0.2, -0.15) is 4.31 Å². The Balaban J connectivity index is 1.31. The van der Waals surface area contributed by atoms with E-state index in [1.165, 1.54) is 0 Å². The van der Waals surface area contributed by atoms with Crippen LogP contribution in [0.5, 0.6) is 0 Å². The van der Waals surface area contributed by atoms with Crippen molar-refractivity contribution in [3.05, 3.63) is 17.5 Å². The van der Waals surface area contributed by atoms with Crippen molar-refractivity contribution in [2.24, 2.45) is 11.7 Å². The van der Waals surface area contributed by atoms with Gasteiger partial charge in [0, 0.05) is 36.7 Å². The van der Waals surface area contributed by atoms with Crippen LogP contribution < -0.4 is 11.1 Å². The summed E-state index contributed by atoms with van der Waals surface area (Å²) < 4.78 is 32.6. The number of nitrogens with two attached hydrogens (primary N) is 1. The molecule has 1 aromatic heterocycles. The molecule has 3 aliphatic rings. The molecular weight excluding hydrogens is 380 g/mol. The second kappa shape index (κ2) is 7.76. The van der Waals surface area contributed by atoms with Crippen LogP contribution in [0.25, 0.3) is 0 Å². The van der Waals surface area contributed by atoms with Gasteiger partial charge in [0.1, 0.15) is 5.76 Å². The van der Waals surface area contributed by atoms with Gasteiger partial charge in [0.25, 0.3) is 5.91 Å². The predicted molar refractivity (Wildman–Crippen MR) is 104 cm³/mol. The van der Waals surface area contributed by atoms with Gasteiger partial charge >= 0.3 is 0 Å². The van der Waals surface area contributed by atoms with Crippen LogP contribution in [-0.4, -0.2) is 54.2 Å². The quantitative estimate of drug-likeness (QED) is 0.735. The Morgan fingerprint density at radius 3 is 2.71 bits per heavy atom. The fourth-order valence-corrected chi connectivity index (χ4v) is 6.68. The van der Waals surface area contributed by atoms with Crippen LogP contribution in [-0.2, 0) is 10.0 Å². The van der Waals surface area contributed by atoms with Gasteiger partial charge in [-0.1, -0.05) is 5.16 Å². The zero-order valence-electron chi connectivity index (χ0n) is 16.3. The van der Waals surface area contributed by atoms with Crippen LogP contribution in [0.4, 0.5) is 0 Å². The van der Waals surface area contributed by atoms with Gasteiger partial charge in [0.05, 0.1) is 5.75 Å². The third kappa shape index (κ3) is 4.41. The fourth-order valence-electron chi connectivity index (χ4n) is 4.57. The molecular formula is C19H30N4O4S. The summed E-state index contributed by atoms with van der Waals surface area (Å²) >= 11 is 0. The fraction of sp³-hybridized carbons (Fsp3) is 0.789. The zero-order valence-corrected chi connectivity index (χ0v) is 17.2. The lowest BCUT2D eigenvalue weighted by Crippen LogP contribution is -2.51. The summed E-state index contributed by atoms with van der Waals surface area (Å²) in [6.45, 7) is 2.34. The minimum absolute atomic E-state index is 0.0603. The number of sulfonamides is 1. The van der Waals surface area contributed by atoms with Crippen molar-refractivity contribution in [3.8, 4) is 0 Å². The van der Waals surface area contributed by atoms with Crippen molar-refractivity contribution >= 4 is 15.9 Å². The molecule has 1 aromatic rings. The first kappa shape index (κ1) is 19.8. The number of hydrogen-bond acceptors (Lipinski definition) is 6. The van der Waals surface area contributed by atoms with Crippen LogP contribution in [0.1, 0.15) is 74.0 Å². The number of carbonyl (C=O) groups excluding carboxylic acids is 1. The van der Waals surface area contributed by atoms with E-state index in [4.69, 9.17) is 10.3 Å². The Hall–Kier alpha value is -1.45. The maximum atomic E-state index is 12.9. The number of amides is 1. The summed E-state index contributed by atoms with van der Waals surface area (Å²) in [6.07, 6.45) is 5.98. The highest BCUT2D eigenvalue weighted by atomic mass is 32.2. The summed E-state index contributed by atoms with van der Waals surface area (Å²) in [5.74, 6) is 1.30. The lowest BCUT2D eigenvalue weighted by molar-refractivity contribution is 0.0905. The number of hydrogen-bond donors (Lipinski definition) is 2. The Labute approximate surface area is 166 Å². The molecule has 28 heavy (non-hydrogen) atoms. The monoisotopic (exact) mass is 410 g/mol. The Morgan fingerprint density at radius 1 is 1.29 bits per heavy atom. The van der Waals surface area contributed by atoms with Crippen molar-refractivity contribution in [3.63, 3.8) is 0 Å². The Kier molecular flexibility index (Phi) is 5.50. The van der Waals surface area contributed by atoms with Crippen molar-refractivity contribution < 1.29 is 17.7 Å². The summed E-state index contributed by atoms with van der Waals surface area (Å²) in [7, 11) is -3.30. The van der Waals surface area contributed by atoms with Crippen LogP contribution in [0.3, 0.4) is 0 Å². The number of piperidine rings is 1. The van der Waals surface area contributed by atoms with E-state index in [1.807, 2.05) is 6.92 Å². The third-order valence-corrected chi connectivity index (χ3v) is 8.43. The van der Waals surface area contributed by atoms with Crippen molar-refractivity contribution in [2.75, 3.05) is 12.3 Å². The second-order valence-corrected chi connectivity index (χ2v) is 10.7. The Bertz CT molecular complexity index is 820. The molecule has 156 valence electrons. The molecule has 3 N–H and O–H groups in total. The van der Waals surface area contributed by atoms with E-state index < -0.39 is 10.0 Å². The summed E-state index contributed by atoms with van der Waals surface area (Å²) in [5.41, 5.74) is 6.23. The van der Waals surface area contributed by atoms with Gasteiger partial charge in [-0.3, -0.25) is 4.79 Å². The minimum Gasteiger partial charge on any atom is -0.360 e. The molecule has 8 nitrogen and oxygen atoms in total. The molecule has 0 unspecified atom stereocenters. The molecule has 2 heterocycles. The molecule has 4 rings (SSSR count). The minimum atomic E-state index is -3.30. The van der Waals surface area contributed by atoms with E-state index in [-0.39, 0.29) is 35.7 Å². The highest BCUT2D eigenvalue weighted by molar-refractivity contribution is 7.89. The molecule has 2 aliphatic carbocycles. The van der Waals surface area contributed by atoms with Gasteiger partial charge in [0.2, 0.25) is 10.0 Å². The molecule has 0 spiro atoms. The lowest BCUT2D eigenvalue weighted by Gasteiger charge is -2.37. The predicted octanol–water partition coefficient (Wildman–Crippen LogP) is 1.59. The average Bonchev–Trinajstić information content (AvgIpc) is 3.21. The molecule has 2 saturated carbocycles. The van der Waals surface area contributed by atoms with Crippen LogP contribution in [0, 0.1) is 5.92 Å². The summed E-state index contributed by atoms with van der Waals surface area (Å²) in [4.78, 5) is 12.4. The molecule has 9 heteroatoms. The van der Waals surface area contributed by atoms with Crippen molar-refractivity contribution in [1.29, 1.82) is 0 Å². The topological polar surface area (TPSA) is 119 Å². The van der Waals surface area contributed by atoms with Gasteiger partial charge < -0.3 is 15.6 Å². The number of aromatic nitrogens is 1. The van der Waals surface area contributed by atoms with E-state index in [9.17, 15) is 13.2 Å². The maximum Gasteiger partial charge on any atom is 0.273 e. The summed E-state index contributed by atoms with van der Waals surface area (Å²) in [6, 6.07) is 1.66. The maximum absolute atomic E-state index is 12.9. The number of nitrogens with zero attached hydrogens (tertiary/aromatic N) is 2. The SMILES string of the molecule is C[C@H]1C[C@@H](NC(=O)c2cc(C3CC3)on2)CCN1S(=O)(=O)C[C@@H]1CC[C@@H](N)C1. The first-order valence-corrected chi connectivity index (χ1v) is 12.0. The normalized spacial score (nSPS) is 31.8. The van der Waals surface area contributed by atoms with E-state index >= 15 is 0 Å². The number of carbonyl (C=O) groups is 1. The second-order valence-electron chi connectivity index (χ2n) is 8.76. The highest BCUT2D eigenvalue weighted by Gasteiger charge is 2.37. The molecule has 4 atom stereocenters. The van der Waals surface area contributed by atoms with Crippen LogP contribution in [0.15, 0.2) is 10.6 Å². The van der Waals surface area contributed by atoms with Crippen molar-refractivity contribution in [2.45, 2.75) is 75.9 Å². The van der Waals surface area contributed by atoms with Crippen LogP contribution in [0.2, 0.25) is 0 Å². The number of nitrogens with one attached hydrogen (secondary N) is 1. The molecule has 1 aliphatic heterocycles. The Morgan fingerprint density at radius 2 is 2.07 bits per heavy atom. The van der Waals surface area contributed by atoms with Gasteiger partial charge in [-0.25, -0.2) is 8.42 Å². The molecule has 0 bridgehead atoms. The standard InChI is InChI=1S/C19H30N4O4S/c1-12-8-16(21-19(24)17-10-18(27-22-17)14-3-4-14)6-7-23(12)28(25,26)11-13-2-5-15(20)9-13/h10,12-16H,2-9,11,20H2,1H3,(H,21,24)/t12-,13+,15+,16-/m0/s1. The first-order chi connectivity index (χ1) is 13.3. The van der Waals surface area contributed by atoms with Crippen LogP contribution >= 0.6 is 0 Å². The van der Waals surface area contributed by atoms with Crippen molar-refractivity contribution in [1.82, 2.24) is 14.8 Å². The molecule has 0 aromatic carbocycles. The molecule has 0 radical (unpaired) electrons. The number of rotatable bonds is 6. The zero-order chi connectivity index (χ0) is 19.9. The first-order valence-electron chi connectivity index (χ1n) is 10.3. The van der Waals surface area contributed by atoms with Gasteiger partial charge in [0.15, 0.2) is 5.69 Å². The highest BCUT2D eigenvalue weighted by Crippen LogP contribution is 2.40. The van der Waals surface area contributed by atoms with E-state index in [2.05, 4.69) is 10.5 Å². The molecule has 1 saturated heterocycles. The van der Waals surface area contributed by atoms with Gasteiger partial charge in [-0.15, -0.1) is 0 Å². The van der Waals surface area contributed by atoms with Gasteiger partial charge in [-0.05, 0) is 57.8 Å².